The number of hydrogen-bond acceptors (Lipinski definition) is 5. The van der Waals surface area contributed by atoms with Crippen molar-refractivity contribution in [2.45, 2.75) is 12.7 Å². The average Bonchev–Trinajstić information content (AvgIpc) is 2.86. The predicted octanol–water partition coefficient (Wildman–Crippen LogP) is 4.71. The summed E-state index contributed by atoms with van der Waals surface area (Å²) in [6.07, 6.45) is 0.787. The summed E-state index contributed by atoms with van der Waals surface area (Å²) in [5, 5.41) is 6.15. The lowest BCUT2D eigenvalue weighted by Crippen LogP contribution is -2.42. The molecule has 0 saturated heterocycles. The molecule has 1 heterocycles. The number of hydrazone groups is 1. The van der Waals surface area contributed by atoms with Gasteiger partial charge in [0.25, 0.3) is 5.91 Å². The van der Waals surface area contributed by atoms with Crippen LogP contribution >= 0.6 is 0 Å². The van der Waals surface area contributed by atoms with Crippen molar-refractivity contribution < 1.29 is 19.0 Å². The molecule has 1 aliphatic rings. The molecule has 0 saturated carbocycles. The Morgan fingerprint density at radius 1 is 0.939 bits per heavy atom. The van der Waals surface area contributed by atoms with Crippen LogP contribution in [0.4, 0.5) is 0 Å². The molecule has 4 aromatic rings. The van der Waals surface area contributed by atoms with Crippen LogP contribution in [0.15, 0.2) is 96.1 Å². The van der Waals surface area contributed by atoms with Gasteiger partial charge in [-0.1, -0.05) is 66.7 Å². The highest BCUT2D eigenvalue weighted by Crippen LogP contribution is 2.35. The molecule has 33 heavy (non-hydrogen) atoms. The Morgan fingerprint density at radius 3 is 2.52 bits per heavy atom. The van der Waals surface area contributed by atoms with Crippen molar-refractivity contribution in [3.8, 4) is 17.2 Å². The molecule has 6 nitrogen and oxygen atoms in total. The summed E-state index contributed by atoms with van der Waals surface area (Å²) in [4.78, 5) is 12.5. The second-order valence-electron chi connectivity index (χ2n) is 7.64. The summed E-state index contributed by atoms with van der Waals surface area (Å²) in [5.41, 5.74) is 4.43. The van der Waals surface area contributed by atoms with E-state index in [1.54, 1.807) is 6.21 Å². The van der Waals surface area contributed by atoms with E-state index < -0.39 is 6.10 Å². The fraction of sp³-hybridized carbons (Fsp3) is 0.111. The Balaban J connectivity index is 1.18. The summed E-state index contributed by atoms with van der Waals surface area (Å²) < 4.78 is 17.5. The smallest absolute Gasteiger partial charge is 0.284 e. The molecular formula is C27H22N2O4. The van der Waals surface area contributed by atoms with Crippen molar-refractivity contribution in [1.29, 1.82) is 0 Å². The quantitative estimate of drug-likeness (QED) is 0.350. The summed E-state index contributed by atoms with van der Waals surface area (Å²) in [7, 11) is 0. The van der Waals surface area contributed by atoms with Crippen molar-refractivity contribution in [2.75, 3.05) is 6.61 Å². The molecule has 1 aliphatic heterocycles. The number of ether oxygens (including phenoxy) is 3. The van der Waals surface area contributed by atoms with E-state index in [2.05, 4.69) is 10.5 Å². The van der Waals surface area contributed by atoms with Gasteiger partial charge >= 0.3 is 0 Å². The fourth-order valence-corrected chi connectivity index (χ4v) is 3.55. The van der Waals surface area contributed by atoms with Gasteiger partial charge in [0.15, 0.2) is 11.5 Å². The van der Waals surface area contributed by atoms with Crippen LogP contribution in [0.2, 0.25) is 0 Å². The van der Waals surface area contributed by atoms with E-state index in [1.165, 1.54) is 0 Å². The molecule has 0 spiro atoms. The topological polar surface area (TPSA) is 69.2 Å². The van der Waals surface area contributed by atoms with Gasteiger partial charge in [0, 0.05) is 0 Å². The van der Waals surface area contributed by atoms with Gasteiger partial charge in [-0.15, -0.1) is 0 Å². The number of nitrogens with one attached hydrogen (secondary N) is 1. The maximum Gasteiger partial charge on any atom is 0.284 e. The van der Waals surface area contributed by atoms with Gasteiger partial charge in [-0.25, -0.2) is 5.43 Å². The monoisotopic (exact) mass is 438 g/mol. The summed E-state index contributed by atoms with van der Waals surface area (Å²) in [6.45, 7) is 0.601. The first-order chi connectivity index (χ1) is 16.2. The van der Waals surface area contributed by atoms with Crippen molar-refractivity contribution in [2.24, 2.45) is 5.10 Å². The molecule has 0 unspecified atom stereocenters. The maximum absolute atomic E-state index is 12.5. The Hall–Kier alpha value is -4.32. The third kappa shape index (κ3) is 4.96. The number of amides is 1. The Bertz CT molecular complexity index is 1300. The van der Waals surface area contributed by atoms with E-state index in [1.807, 2.05) is 91.0 Å². The van der Waals surface area contributed by atoms with Crippen LogP contribution in [0, 0.1) is 0 Å². The zero-order valence-corrected chi connectivity index (χ0v) is 17.8. The lowest BCUT2D eigenvalue weighted by molar-refractivity contribution is -0.130. The first-order valence-electron chi connectivity index (χ1n) is 10.7. The summed E-state index contributed by atoms with van der Waals surface area (Å²) in [6, 6.07) is 29.2. The van der Waals surface area contributed by atoms with Gasteiger partial charge in [0.1, 0.15) is 19.0 Å². The number of nitrogens with zero attached hydrogens (tertiary/aromatic N) is 1. The molecular weight excluding hydrogens is 416 g/mol. The van der Waals surface area contributed by atoms with E-state index >= 15 is 0 Å². The molecule has 0 radical (unpaired) electrons. The van der Waals surface area contributed by atoms with Gasteiger partial charge < -0.3 is 14.2 Å². The second-order valence-corrected chi connectivity index (χ2v) is 7.64. The highest BCUT2D eigenvalue weighted by molar-refractivity contribution is 5.88. The summed E-state index contributed by atoms with van der Waals surface area (Å²) >= 11 is 0. The van der Waals surface area contributed by atoms with E-state index in [4.69, 9.17) is 14.2 Å². The number of fused-ring (bicyclic) bond motifs is 2. The molecule has 1 amide bonds. The van der Waals surface area contributed by atoms with Crippen LogP contribution in [0.5, 0.6) is 17.2 Å². The number of rotatable bonds is 6. The van der Waals surface area contributed by atoms with Gasteiger partial charge in [-0.3, -0.25) is 4.79 Å². The lowest BCUT2D eigenvalue weighted by atomic mass is 10.1. The first kappa shape index (κ1) is 20.6. The fourth-order valence-electron chi connectivity index (χ4n) is 3.55. The van der Waals surface area contributed by atoms with Crippen LogP contribution in [0.1, 0.15) is 11.1 Å². The van der Waals surface area contributed by atoms with E-state index in [0.717, 1.165) is 27.6 Å². The molecule has 0 aromatic heterocycles. The maximum atomic E-state index is 12.5. The molecule has 5 rings (SSSR count). The zero-order valence-electron chi connectivity index (χ0n) is 17.8. The van der Waals surface area contributed by atoms with E-state index in [-0.39, 0.29) is 12.5 Å². The molecule has 6 heteroatoms. The molecule has 1 atom stereocenters. The van der Waals surface area contributed by atoms with Gasteiger partial charge in [-0.2, -0.15) is 5.10 Å². The Labute approximate surface area is 191 Å². The number of carbonyl (C=O) groups is 1. The lowest BCUT2D eigenvalue weighted by Gasteiger charge is -2.25. The zero-order chi connectivity index (χ0) is 22.5. The largest absolute Gasteiger partial charge is 0.489 e. The van der Waals surface area contributed by atoms with E-state index in [9.17, 15) is 4.79 Å². The Kier molecular flexibility index (Phi) is 5.89. The van der Waals surface area contributed by atoms with Crippen molar-refractivity contribution in [3.63, 3.8) is 0 Å². The number of hydrogen-bond donors (Lipinski definition) is 1. The second kappa shape index (κ2) is 9.44. The number of carbonyl (C=O) groups excluding carboxylic acids is 1. The van der Waals surface area contributed by atoms with Crippen LogP contribution < -0.4 is 19.6 Å². The highest BCUT2D eigenvalue weighted by Gasteiger charge is 2.27. The van der Waals surface area contributed by atoms with E-state index in [0.29, 0.717) is 18.1 Å². The SMILES string of the molecule is O=C(NN=Cc1cccc(OCc2ccccc2)c1)[C@@H]1COc2cc3ccccc3cc2O1. The van der Waals surface area contributed by atoms with Crippen LogP contribution in [-0.4, -0.2) is 24.8 Å². The number of benzene rings is 4. The molecule has 0 bridgehead atoms. The van der Waals surface area contributed by atoms with Gasteiger partial charge in [0.05, 0.1) is 6.21 Å². The first-order valence-corrected chi connectivity index (χ1v) is 10.7. The molecule has 1 N–H and O–H groups in total. The van der Waals surface area contributed by atoms with Crippen molar-refractivity contribution >= 4 is 22.9 Å². The van der Waals surface area contributed by atoms with Gasteiger partial charge in [0.2, 0.25) is 6.10 Å². The van der Waals surface area contributed by atoms with Crippen molar-refractivity contribution in [3.05, 3.63) is 102 Å². The van der Waals surface area contributed by atoms with Crippen molar-refractivity contribution in [1.82, 2.24) is 5.43 Å². The normalized spacial score (nSPS) is 14.8. The third-order valence-corrected chi connectivity index (χ3v) is 5.26. The Morgan fingerprint density at radius 2 is 1.70 bits per heavy atom. The molecule has 4 aromatic carbocycles. The van der Waals surface area contributed by atoms with Crippen LogP contribution in [0.3, 0.4) is 0 Å². The minimum atomic E-state index is -0.781. The standard InChI is InChI=1S/C27H22N2O4/c30-27(26-18-32-24-14-21-10-4-5-11-22(21)15-25(24)33-26)29-28-16-20-9-6-12-23(13-20)31-17-19-7-2-1-3-8-19/h1-16,26H,17-18H2,(H,29,30)/t26-/m0/s1. The third-order valence-electron chi connectivity index (χ3n) is 5.26. The summed E-state index contributed by atoms with van der Waals surface area (Å²) in [5.74, 6) is 1.53. The molecule has 0 aliphatic carbocycles. The minimum Gasteiger partial charge on any atom is -0.489 e. The average molecular weight is 438 g/mol. The highest BCUT2D eigenvalue weighted by atomic mass is 16.6. The molecule has 164 valence electrons. The van der Waals surface area contributed by atoms with Crippen LogP contribution in [-0.2, 0) is 11.4 Å². The predicted molar refractivity (Wildman–Crippen MR) is 127 cm³/mol. The minimum absolute atomic E-state index is 0.121. The molecule has 0 fully saturated rings. The van der Waals surface area contributed by atoms with Gasteiger partial charge in [-0.05, 0) is 46.2 Å². The van der Waals surface area contributed by atoms with Crippen LogP contribution in [0.25, 0.3) is 10.8 Å².